The molecule has 0 unspecified atom stereocenters. The second-order valence-corrected chi connectivity index (χ2v) is 8.09. The van der Waals surface area contributed by atoms with Gasteiger partial charge in [0.1, 0.15) is 29.5 Å². The van der Waals surface area contributed by atoms with E-state index in [2.05, 4.69) is 46.5 Å². The van der Waals surface area contributed by atoms with Crippen molar-refractivity contribution in [1.82, 2.24) is 15.6 Å². The van der Waals surface area contributed by atoms with E-state index in [1.165, 1.54) is 17.7 Å². The summed E-state index contributed by atoms with van der Waals surface area (Å²) in [4.78, 5) is 11.6. The molecule has 0 spiro atoms. The Bertz CT molecular complexity index is 1060. The molecule has 172 valence electrons. The minimum atomic E-state index is -0.256. The maximum Gasteiger partial charge on any atom is 0.191 e. The lowest BCUT2D eigenvalue weighted by Gasteiger charge is -2.33. The second kappa shape index (κ2) is 11.0. The number of benzene rings is 1. The van der Waals surface area contributed by atoms with Gasteiger partial charge in [-0.2, -0.15) is 0 Å². The number of pyridine rings is 1. The quantitative estimate of drug-likeness (QED) is 0.268. The van der Waals surface area contributed by atoms with Crippen LogP contribution in [0.25, 0.3) is 11.0 Å². The molecule has 2 N–H and O–H groups in total. The zero-order valence-corrected chi connectivity index (χ0v) is 21.2. The molecule has 3 aromatic rings. The third kappa shape index (κ3) is 5.70. The summed E-state index contributed by atoms with van der Waals surface area (Å²) in [5.41, 5.74) is 2.81. The molecule has 0 bridgehead atoms. The highest BCUT2D eigenvalue weighted by molar-refractivity contribution is 14.0. The lowest BCUT2D eigenvalue weighted by molar-refractivity contribution is 0.459. The number of fused-ring (bicyclic) bond motifs is 1. The molecule has 8 heteroatoms. The highest BCUT2D eigenvalue weighted by atomic mass is 127. The van der Waals surface area contributed by atoms with Crippen molar-refractivity contribution < 1.29 is 8.81 Å². The first-order valence-corrected chi connectivity index (χ1v) is 10.9. The number of nitrogens with one attached hydrogen (secondary N) is 2. The molecule has 0 aliphatic carbocycles. The van der Waals surface area contributed by atoms with Crippen LogP contribution in [0.3, 0.4) is 0 Å². The van der Waals surface area contributed by atoms with E-state index >= 15 is 0 Å². The van der Waals surface area contributed by atoms with Crippen LogP contribution in [-0.2, 0) is 6.54 Å². The van der Waals surface area contributed by atoms with Gasteiger partial charge >= 0.3 is 0 Å². The Kier molecular flexibility index (Phi) is 8.33. The average molecular weight is 551 g/mol. The molecule has 6 nitrogen and oxygen atoms in total. The maximum absolute atomic E-state index is 13.6. The van der Waals surface area contributed by atoms with E-state index in [4.69, 9.17) is 9.41 Å². The van der Waals surface area contributed by atoms with Gasteiger partial charge in [0.15, 0.2) is 5.96 Å². The summed E-state index contributed by atoms with van der Waals surface area (Å²) >= 11 is 0. The first kappa shape index (κ1) is 24.3. The fraction of sp³-hybridized carbons (Fsp3) is 0.417. The summed E-state index contributed by atoms with van der Waals surface area (Å²) in [6.45, 7) is 9.16. The molecule has 1 saturated heterocycles. The van der Waals surface area contributed by atoms with Crippen molar-refractivity contribution in [2.24, 2.45) is 4.99 Å². The standard InChI is InChI=1S/C24H30FN5O.HI/c1-4-26-24(28-15-22-17(3)20-13-18(25)6-7-21(20)31-22)29-19-9-11-30(12-10-19)23-8-5-16(2)14-27-23;/h5-8,13-14,19H,4,9-12,15H2,1-3H3,(H2,26,28,29);1H. The summed E-state index contributed by atoms with van der Waals surface area (Å²) in [6.07, 6.45) is 3.95. The number of piperidine rings is 1. The van der Waals surface area contributed by atoms with Crippen molar-refractivity contribution in [3.05, 3.63) is 59.2 Å². The number of nitrogens with zero attached hydrogens (tertiary/aromatic N) is 3. The maximum atomic E-state index is 13.6. The van der Waals surface area contributed by atoms with E-state index in [0.717, 1.165) is 61.0 Å². The van der Waals surface area contributed by atoms with Crippen LogP contribution in [0.4, 0.5) is 10.2 Å². The van der Waals surface area contributed by atoms with Gasteiger partial charge < -0.3 is 20.0 Å². The van der Waals surface area contributed by atoms with Crippen molar-refractivity contribution in [2.45, 2.75) is 46.2 Å². The molecule has 0 saturated carbocycles. The molecular weight excluding hydrogens is 520 g/mol. The molecule has 4 rings (SSSR count). The van der Waals surface area contributed by atoms with Gasteiger partial charge in [-0.05, 0) is 63.4 Å². The number of aromatic nitrogens is 1. The Hall–Kier alpha value is -2.36. The summed E-state index contributed by atoms with van der Waals surface area (Å²) in [7, 11) is 0. The van der Waals surface area contributed by atoms with Crippen LogP contribution in [0.5, 0.6) is 0 Å². The van der Waals surface area contributed by atoms with Gasteiger partial charge in [-0.25, -0.2) is 14.4 Å². The van der Waals surface area contributed by atoms with Crippen molar-refractivity contribution >= 4 is 46.7 Å². The topological polar surface area (TPSA) is 65.7 Å². The van der Waals surface area contributed by atoms with Gasteiger partial charge in [0, 0.05) is 42.8 Å². The van der Waals surface area contributed by atoms with Gasteiger partial charge in [-0.1, -0.05) is 6.07 Å². The molecular formula is C24H31FIN5O. The zero-order valence-electron chi connectivity index (χ0n) is 18.8. The summed E-state index contributed by atoms with van der Waals surface area (Å²) in [5, 5.41) is 7.69. The number of aryl methyl sites for hydroxylation is 2. The Morgan fingerprint density at radius 1 is 1.22 bits per heavy atom. The number of rotatable bonds is 5. The van der Waals surface area contributed by atoms with Crippen molar-refractivity contribution in [3.8, 4) is 0 Å². The van der Waals surface area contributed by atoms with Crippen LogP contribution >= 0.6 is 24.0 Å². The Morgan fingerprint density at radius 3 is 2.69 bits per heavy atom. The lowest BCUT2D eigenvalue weighted by atomic mass is 10.1. The van der Waals surface area contributed by atoms with Crippen LogP contribution in [-0.4, -0.2) is 36.6 Å². The fourth-order valence-electron chi connectivity index (χ4n) is 3.96. The normalized spacial score (nSPS) is 15.0. The van der Waals surface area contributed by atoms with Gasteiger partial charge in [0.25, 0.3) is 0 Å². The Balaban J connectivity index is 0.00000289. The predicted octanol–water partition coefficient (Wildman–Crippen LogP) is 4.93. The Labute approximate surface area is 205 Å². The Morgan fingerprint density at radius 2 is 2.00 bits per heavy atom. The molecule has 0 radical (unpaired) electrons. The van der Waals surface area contributed by atoms with E-state index in [9.17, 15) is 4.39 Å². The molecule has 0 amide bonds. The van der Waals surface area contributed by atoms with Crippen LogP contribution in [0, 0.1) is 19.7 Å². The first-order chi connectivity index (χ1) is 15.0. The van der Waals surface area contributed by atoms with Gasteiger partial charge in [0.05, 0.1) is 0 Å². The van der Waals surface area contributed by atoms with Crippen LogP contribution in [0.1, 0.15) is 36.7 Å². The third-order valence-electron chi connectivity index (χ3n) is 5.78. The smallest absolute Gasteiger partial charge is 0.191 e. The van der Waals surface area contributed by atoms with Gasteiger partial charge in [0.2, 0.25) is 0 Å². The van der Waals surface area contributed by atoms with Gasteiger partial charge in [-0.3, -0.25) is 0 Å². The SMILES string of the molecule is CCNC(=NCc1oc2ccc(F)cc2c1C)NC1CCN(c2ccc(C)cn2)CC1.I. The lowest BCUT2D eigenvalue weighted by Crippen LogP contribution is -2.48. The van der Waals surface area contributed by atoms with Crippen molar-refractivity contribution in [1.29, 1.82) is 0 Å². The van der Waals surface area contributed by atoms with Crippen molar-refractivity contribution in [2.75, 3.05) is 24.5 Å². The van der Waals surface area contributed by atoms with E-state index in [-0.39, 0.29) is 29.8 Å². The van der Waals surface area contributed by atoms with E-state index in [0.29, 0.717) is 18.2 Å². The largest absolute Gasteiger partial charge is 0.459 e. The monoisotopic (exact) mass is 551 g/mol. The third-order valence-corrected chi connectivity index (χ3v) is 5.78. The number of guanidine groups is 1. The number of anilines is 1. The zero-order chi connectivity index (χ0) is 21.8. The average Bonchev–Trinajstić information content (AvgIpc) is 3.08. The molecule has 0 atom stereocenters. The number of aliphatic imine (C=N–C) groups is 1. The first-order valence-electron chi connectivity index (χ1n) is 10.9. The second-order valence-electron chi connectivity index (χ2n) is 8.09. The summed E-state index contributed by atoms with van der Waals surface area (Å²) in [5.74, 6) is 2.33. The highest BCUT2D eigenvalue weighted by Gasteiger charge is 2.21. The molecule has 1 fully saturated rings. The number of furan rings is 1. The molecule has 2 aromatic heterocycles. The van der Waals surface area contributed by atoms with Crippen molar-refractivity contribution in [3.63, 3.8) is 0 Å². The van der Waals surface area contributed by atoms with Crippen LogP contribution in [0.2, 0.25) is 0 Å². The molecule has 1 aromatic carbocycles. The van der Waals surface area contributed by atoms with Gasteiger partial charge in [-0.15, -0.1) is 24.0 Å². The molecule has 3 heterocycles. The van der Waals surface area contributed by atoms with E-state index in [1.807, 2.05) is 13.1 Å². The fourth-order valence-corrected chi connectivity index (χ4v) is 3.96. The summed E-state index contributed by atoms with van der Waals surface area (Å²) in [6, 6.07) is 9.16. The number of hydrogen-bond donors (Lipinski definition) is 2. The minimum absolute atomic E-state index is 0. The highest BCUT2D eigenvalue weighted by Crippen LogP contribution is 2.26. The van der Waals surface area contributed by atoms with Crippen LogP contribution < -0.4 is 15.5 Å². The molecule has 1 aliphatic rings. The minimum Gasteiger partial charge on any atom is -0.459 e. The summed E-state index contributed by atoms with van der Waals surface area (Å²) < 4.78 is 19.5. The van der Waals surface area contributed by atoms with E-state index < -0.39 is 0 Å². The molecule has 1 aliphatic heterocycles. The van der Waals surface area contributed by atoms with Crippen LogP contribution in [0.15, 0.2) is 45.9 Å². The van der Waals surface area contributed by atoms with E-state index in [1.54, 1.807) is 6.07 Å². The number of halogens is 2. The molecule has 32 heavy (non-hydrogen) atoms. The predicted molar refractivity (Wildman–Crippen MR) is 138 cm³/mol. The number of hydrogen-bond acceptors (Lipinski definition) is 4.